The van der Waals surface area contributed by atoms with Gasteiger partial charge in [-0.1, -0.05) is 26.2 Å². The Morgan fingerprint density at radius 1 is 1.08 bits per heavy atom. The summed E-state index contributed by atoms with van der Waals surface area (Å²) in [6.07, 6.45) is -0.537. The number of ether oxygens (including phenoxy) is 1. The van der Waals surface area contributed by atoms with Crippen molar-refractivity contribution in [2.24, 2.45) is 0 Å². The molecule has 0 aliphatic rings. The highest BCUT2D eigenvalue weighted by molar-refractivity contribution is 6.57. The van der Waals surface area contributed by atoms with Gasteiger partial charge in [-0.05, 0) is 25.7 Å². The van der Waals surface area contributed by atoms with Gasteiger partial charge in [0, 0.05) is 6.54 Å². The quantitative estimate of drug-likeness (QED) is 0.316. The summed E-state index contributed by atoms with van der Waals surface area (Å²) in [6.45, 7) is 2.10. The predicted octanol–water partition coefficient (Wildman–Crippen LogP) is 2.21. The topological polar surface area (TPSA) is 84.5 Å². The molecule has 0 saturated carbocycles. The molecule has 2 radical (unpaired) electrons. The molecule has 2 amide bonds. The molecule has 0 aromatic heterocycles. The average molecular weight is 364 g/mol. The standard InChI is InChI=1S/C15H24BF3N2O4/c1-2-3-4-7-10-25-12(22)11(21-14(16)24)8-5-6-9-20-13(23)15(17,18)19/h11H,2-10H2,1H3,(H,20,23)(H,21,24)/t11-/m0/s1. The molecule has 0 aliphatic carbocycles. The minimum Gasteiger partial charge on any atom is -0.464 e. The Morgan fingerprint density at radius 3 is 2.32 bits per heavy atom. The van der Waals surface area contributed by atoms with Crippen molar-refractivity contribution in [3.8, 4) is 0 Å². The van der Waals surface area contributed by atoms with Crippen LogP contribution in [0, 0.1) is 0 Å². The molecular weight excluding hydrogens is 340 g/mol. The van der Waals surface area contributed by atoms with Gasteiger partial charge in [-0.2, -0.15) is 13.2 Å². The van der Waals surface area contributed by atoms with Crippen molar-refractivity contribution < 1.29 is 32.3 Å². The van der Waals surface area contributed by atoms with E-state index in [1.54, 1.807) is 5.32 Å². The fourth-order valence-corrected chi connectivity index (χ4v) is 2.00. The van der Waals surface area contributed by atoms with E-state index in [-0.39, 0.29) is 26.0 Å². The minimum absolute atomic E-state index is 0.151. The lowest BCUT2D eigenvalue weighted by molar-refractivity contribution is -0.173. The van der Waals surface area contributed by atoms with Gasteiger partial charge in [-0.25, -0.2) is 4.79 Å². The maximum absolute atomic E-state index is 12.0. The van der Waals surface area contributed by atoms with E-state index >= 15 is 0 Å². The van der Waals surface area contributed by atoms with Crippen LogP contribution in [0.4, 0.5) is 18.0 Å². The van der Waals surface area contributed by atoms with Crippen molar-refractivity contribution in [1.29, 1.82) is 0 Å². The van der Waals surface area contributed by atoms with Gasteiger partial charge in [0.15, 0.2) is 5.81 Å². The lowest BCUT2D eigenvalue weighted by atomic mass is 10.1. The van der Waals surface area contributed by atoms with E-state index in [0.29, 0.717) is 12.8 Å². The lowest BCUT2D eigenvalue weighted by Crippen LogP contribution is -2.41. The summed E-state index contributed by atoms with van der Waals surface area (Å²) in [5, 5.41) is 3.98. The number of unbranched alkanes of at least 4 members (excludes halogenated alkanes) is 4. The summed E-state index contributed by atoms with van der Waals surface area (Å²) in [7, 11) is 5.00. The number of alkyl halides is 3. The van der Waals surface area contributed by atoms with E-state index in [0.717, 1.165) is 19.3 Å². The van der Waals surface area contributed by atoms with Crippen molar-refractivity contribution in [3.63, 3.8) is 0 Å². The number of carbonyl (C=O) groups excluding carboxylic acids is 3. The molecule has 0 fully saturated rings. The minimum atomic E-state index is -4.92. The molecule has 0 saturated heterocycles. The smallest absolute Gasteiger partial charge is 0.464 e. The SMILES string of the molecule is [B]C(=O)N[C@@H](CCCCNC(=O)C(F)(F)F)C(=O)OCCCCCC. The van der Waals surface area contributed by atoms with Crippen LogP contribution < -0.4 is 10.6 Å². The lowest BCUT2D eigenvalue weighted by Gasteiger charge is -2.17. The highest BCUT2D eigenvalue weighted by atomic mass is 19.4. The van der Waals surface area contributed by atoms with Crippen LogP contribution in [0.15, 0.2) is 0 Å². The molecule has 0 aromatic carbocycles. The summed E-state index contributed by atoms with van der Waals surface area (Å²) < 4.78 is 41.1. The van der Waals surface area contributed by atoms with Crippen molar-refractivity contribution in [3.05, 3.63) is 0 Å². The van der Waals surface area contributed by atoms with Gasteiger partial charge in [-0.3, -0.25) is 9.59 Å². The number of esters is 1. The fourth-order valence-electron chi connectivity index (χ4n) is 2.00. The van der Waals surface area contributed by atoms with Crippen LogP contribution in [0.3, 0.4) is 0 Å². The van der Waals surface area contributed by atoms with E-state index < -0.39 is 29.9 Å². The number of hydrogen-bond acceptors (Lipinski definition) is 4. The number of carbonyl (C=O) groups is 3. The first kappa shape index (κ1) is 23.3. The molecule has 25 heavy (non-hydrogen) atoms. The zero-order valence-electron chi connectivity index (χ0n) is 14.3. The molecule has 0 bridgehead atoms. The molecule has 0 heterocycles. The molecule has 10 heteroatoms. The van der Waals surface area contributed by atoms with Crippen molar-refractivity contribution in [1.82, 2.24) is 10.6 Å². The van der Waals surface area contributed by atoms with Gasteiger partial charge in [0.25, 0.3) is 0 Å². The summed E-state index contributed by atoms with van der Waals surface area (Å²) in [6, 6.07) is -0.956. The fraction of sp³-hybridized carbons (Fsp3) is 0.800. The highest BCUT2D eigenvalue weighted by Gasteiger charge is 2.38. The second-order valence-electron chi connectivity index (χ2n) is 5.54. The third-order valence-corrected chi connectivity index (χ3v) is 3.31. The zero-order valence-corrected chi connectivity index (χ0v) is 14.3. The van der Waals surface area contributed by atoms with Gasteiger partial charge in [-0.15, -0.1) is 0 Å². The summed E-state index contributed by atoms with van der Waals surface area (Å²) in [5.74, 6) is -3.53. The number of amides is 2. The third kappa shape index (κ3) is 12.3. The molecule has 1 atom stereocenters. The molecule has 2 N–H and O–H groups in total. The molecular formula is C15H24BF3N2O4. The van der Waals surface area contributed by atoms with E-state index in [4.69, 9.17) is 12.6 Å². The van der Waals surface area contributed by atoms with Gasteiger partial charge in [0.05, 0.1) is 6.61 Å². The molecule has 0 aliphatic heterocycles. The van der Waals surface area contributed by atoms with Crippen LogP contribution >= 0.6 is 0 Å². The van der Waals surface area contributed by atoms with Gasteiger partial charge < -0.3 is 15.4 Å². The highest BCUT2D eigenvalue weighted by Crippen LogP contribution is 2.14. The van der Waals surface area contributed by atoms with Gasteiger partial charge in [0.2, 0.25) is 7.85 Å². The second kappa shape index (κ2) is 12.6. The Balaban J connectivity index is 4.11. The summed E-state index contributed by atoms with van der Waals surface area (Å²) in [4.78, 5) is 33.5. The summed E-state index contributed by atoms with van der Waals surface area (Å²) >= 11 is 0. The molecule has 142 valence electrons. The number of hydrogen-bond donors (Lipinski definition) is 2. The Labute approximate surface area is 146 Å². The van der Waals surface area contributed by atoms with E-state index in [1.807, 2.05) is 0 Å². The zero-order chi connectivity index (χ0) is 19.3. The Hall–Kier alpha value is -1.74. The maximum Gasteiger partial charge on any atom is 0.471 e. The van der Waals surface area contributed by atoms with E-state index in [9.17, 15) is 27.6 Å². The molecule has 6 nitrogen and oxygen atoms in total. The number of rotatable bonds is 12. The van der Waals surface area contributed by atoms with Crippen molar-refractivity contribution in [2.75, 3.05) is 13.2 Å². The Kier molecular flexibility index (Phi) is 11.7. The first-order valence-corrected chi connectivity index (χ1v) is 8.26. The third-order valence-electron chi connectivity index (χ3n) is 3.31. The number of nitrogens with one attached hydrogen (secondary N) is 2. The average Bonchev–Trinajstić information content (AvgIpc) is 2.51. The molecule has 0 aromatic rings. The van der Waals surface area contributed by atoms with Crippen molar-refractivity contribution in [2.45, 2.75) is 64.1 Å². The van der Waals surface area contributed by atoms with Crippen LogP contribution in [0.2, 0.25) is 0 Å². The molecule has 0 spiro atoms. The summed E-state index contributed by atoms with van der Waals surface area (Å²) in [5.41, 5.74) is 0. The largest absolute Gasteiger partial charge is 0.471 e. The Bertz CT molecular complexity index is 433. The van der Waals surface area contributed by atoms with E-state index in [2.05, 4.69) is 12.2 Å². The second-order valence-corrected chi connectivity index (χ2v) is 5.54. The van der Waals surface area contributed by atoms with Crippen LogP contribution in [0.1, 0.15) is 51.9 Å². The van der Waals surface area contributed by atoms with Crippen LogP contribution in [0.25, 0.3) is 0 Å². The van der Waals surface area contributed by atoms with Crippen LogP contribution in [0.5, 0.6) is 0 Å². The first-order chi connectivity index (χ1) is 11.7. The van der Waals surface area contributed by atoms with Gasteiger partial charge >= 0.3 is 18.1 Å². The van der Waals surface area contributed by atoms with Gasteiger partial charge in [0.1, 0.15) is 6.04 Å². The Morgan fingerprint density at radius 2 is 1.76 bits per heavy atom. The molecule has 0 unspecified atom stereocenters. The van der Waals surface area contributed by atoms with Crippen molar-refractivity contribution >= 4 is 25.5 Å². The first-order valence-electron chi connectivity index (χ1n) is 8.26. The van der Waals surface area contributed by atoms with Crippen LogP contribution in [-0.4, -0.2) is 50.9 Å². The monoisotopic (exact) mass is 364 g/mol. The normalized spacial score (nSPS) is 12.3. The number of halogens is 3. The van der Waals surface area contributed by atoms with Crippen LogP contribution in [-0.2, 0) is 14.3 Å². The molecule has 0 rings (SSSR count). The van der Waals surface area contributed by atoms with E-state index in [1.165, 1.54) is 0 Å². The maximum atomic E-state index is 12.0. The predicted molar refractivity (Wildman–Crippen MR) is 86.1 cm³/mol.